The number of hydrogen-bond donors (Lipinski definition) is 3. The molecule has 0 saturated heterocycles. The lowest BCUT2D eigenvalue weighted by Gasteiger charge is -2.24. The summed E-state index contributed by atoms with van der Waals surface area (Å²) >= 11 is 0. The summed E-state index contributed by atoms with van der Waals surface area (Å²) in [5, 5.41) is 7.21. The first-order chi connectivity index (χ1) is 27.2. The van der Waals surface area contributed by atoms with Crippen molar-refractivity contribution in [3.05, 3.63) is 109 Å². The minimum absolute atomic E-state index is 0.170. The molecule has 0 aliphatic carbocycles. The van der Waals surface area contributed by atoms with Crippen LogP contribution in [0.4, 0.5) is 27.8 Å². The first kappa shape index (κ1) is 42.7. The fraction of sp³-hybridized carbons (Fsp3) is 0.333. The highest BCUT2D eigenvalue weighted by molar-refractivity contribution is 7.92. The van der Waals surface area contributed by atoms with E-state index in [0.29, 0.717) is 86.0 Å². The molecular formula is C42H50N6O8S. The van der Waals surface area contributed by atoms with Crippen LogP contribution in [0.2, 0.25) is 0 Å². The Hall–Kier alpha value is -5.48. The fourth-order valence-corrected chi connectivity index (χ4v) is 6.40. The Balaban J connectivity index is 1.35. The summed E-state index contributed by atoms with van der Waals surface area (Å²) in [7, 11) is -0.607. The quantitative estimate of drug-likeness (QED) is 0.0710. The van der Waals surface area contributed by atoms with Crippen molar-refractivity contribution in [2.45, 2.75) is 32.7 Å². The zero-order chi connectivity index (χ0) is 41.0. The Morgan fingerprint density at radius 1 is 0.825 bits per heavy atom. The molecule has 0 atom stereocenters. The Bertz CT molecular complexity index is 2250. The third kappa shape index (κ3) is 12.5. The number of rotatable bonds is 19. The van der Waals surface area contributed by atoms with E-state index in [1.54, 1.807) is 43.6 Å². The van der Waals surface area contributed by atoms with Gasteiger partial charge >= 0.3 is 6.03 Å². The van der Waals surface area contributed by atoms with Gasteiger partial charge in [0, 0.05) is 43.2 Å². The average molecular weight is 799 g/mol. The van der Waals surface area contributed by atoms with E-state index in [0.717, 1.165) is 22.8 Å². The van der Waals surface area contributed by atoms with Gasteiger partial charge in [0.1, 0.15) is 5.75 Å². The molecule has 3 N–H and O–H groups in total. The molecular weight excluding hydrogens is 749 g/mol. The molecule has 57 heavy (non-hydrogen) atoms. The molecule has 5 rings (SSSR count). The molecule has 2 amide bonds. The van der Waals surface area contributed by atoms with Gasteiger partial charge in [-0.1, -0.05) is 69.3 Å². The average Bonchev–Trinajstić information content (AvgIpc) is 3.15. The van der Waals surface area contributed by atoms with Crippen LogP contribution in [0.15, 0.2) is 85.1 Å². The van der Waals surface area contributed by atoms with E-state index in [1.165, 1.54) is 7.11 Å². The predicted molar refractivity (Wildman–Crippen MR) is 223 cm³/mol. The van der Waals surface area contributed by atoms with E-state index in [-0.39, 0.29) is 16.9 Å². The van der Waals surface area contributed by atoms with Crippen molar-refractivity contribution in [3.63, 3.8) is 0 Å². The molecule has 1 aromatic heterocycles. The maximum Gasteiger partial charge on any atom is 0.323 e. The van der Waals surface area contributed by atoms with Crippen LogP contribution in [0.1, 0.15) is 37.5 Å². The number of benzene rings is 4. The maximum absolute atomic E-state index is 13.5. The number of ether oxygens (including phenoxy) is 5. The van der Waals surface area contributed by atoms with Gasteiger partial charge in [0.25, 0.3) is 0 Å². The largest absolute Gasteiger partial charge is 0.492 e. The van der Waals surface area contributed by atoms with Crippen LogP contribution < -0.4 is 29.7 Å². The molecule has 0 fully saturated rings. The zero-order valence-electron chi connectivity index (χ0n) is 33.1. The summed E-state index contributed by atoms with van der Waals surface area (Å²) in [4.78, 5) is 24.9. The second-order valence-corrected chi connectivity index (χ2v) is 15.9. The van der Waals surface area contributed by atoms with E-state index in [9.17, 15) is 13.2 Å². The first-order valence-electron chi connectivity index (χ1n) is 18.3. The van der Waals surface area contributed by atoms with Crippen LogP contribution >= 0.6 is 0 Å². The summed E-state index contributed by atoms with van der Waals surface area (Å²) in [6, 6.07) is 23.2. The van der Waals surface area contributed by atoms with Crippen molar-refractivity contribution in [1.29, 1.82) is 0 Å². The maximum atomic E-state index is 13.5. The molecule has 0 aliphatic rings. The molecule has 0 unspecified atom stereocenters. The number of sulfonamides is 1. The van der Waals surface area contributed by atoms with E-state index in [2.05, 4.69) is 20.3 Å². The number of carbonyl (C=O) groups is 1. The second kappa shape index (κ2) is 19.6. The fourth-order valence-electron chi connectivity index (χ4n) is 5.85. The molecule has 2 radical (unpaired) electrons. The number of nitrogens with one attached hydrogen (secondary N) is 3. The van der Waals surface area contributed by atoms with Crippen LogP contribution in [0.25, 0.3) is 10.8 Å². The van der Waals surface area contributed by atoms with Crippen molar-refractivity contribution >= 4 is 49.8 Å². The number of fused-ring (bicyclic) bond motifs is 1. The third-order valence-electron chi connectivity index (χ3n) is 8.58. The summed E-state index contributed by atoms with van der Waals surface area (Å²) in [6.45, 7) is 15.3. The Labute approximate surface area is 334 Å². The zero-order valence-corrected chi connectivity index (χ0v) is 33.9. The molecule has 1 heterocycles. The van der Waals surface area contributed by atoms with Crippen LogP contribution in [-0.2, 0) is 36.2 Å². The standard InChI is InChI=1S/C42H50N6O8S/c1-29-11-10-12-30(25-29)28-48(19-20-54-23-24-55-22-21-52-5)40-43-18-17-38(46-40)56-37-16-15-34(32-13-8-9-14-33(32)37)44-41(49)45-35-26-31(42(2,3)4)27-36(39(35)53-6)47-57(7,50)51/h1,8-18,25-27,47H,19-24,28H2,2-7H3,(H2,44,45,49). The highest BCUT2D eigenvalue weighted by atomic mass is 32.2. The molecule has 0 saturated carbocycles. The van der Waals surface area contributed by atoms with Gasteiger partial charge in [-0.05, 0) is 53.3 Å². The summed E-state index contributed by atoms with van der Waals surface area (Å²) < 4.78 is 55.2. The van der Waals surface area contributed by atoms with Gasteiger partial charge < -0.3 is 39.2 Å². The number of anilines is 4. The first-order valence-corrected chi connectivity index (χ1v) is 20.2. The Morgan fingerprint density at radius 2 is 1.53 bits per heavy atom. The highest BCUT2D eigenvalue weighted by Crippen LogP contribution is 2.40. The number of methoxy groups -OCH3 is 2. The van der Waals surface area contributed by atoms with Crippen molar-refractivity contribution < 1.29 is 36.9 Å². The topological polar surface area (TPSA) is 162 Å². The molecule has 302 valence electrons. The van der Waals surface area contributed by atoms with Crippen molar-refractivity contribution in [1.82, 2.24) is 9.97 Å². The Kier molecular flexibility index (Phi) is 14.7. The summed E-state index contributed by atoms with van der Waals surface area (Å²) in [5.41, 5.74) is 3.07. The van der Waals surface area contributed by atoms with Crippen molar-refractivity contribution in [3.8, 4) is 17.4 Å². The van der Waals surface area contributed by atoms with Crippen LogP contribution in [0.3, 0.4) is 0 Å². The van der Waals surface area contributed by atoms with Crippen molar-refractivity contribution in [2.75, 3.05) is 80.3 Å². The number of carbonyl (C=O) groups excluding carboxylic acids is 1. The van der Waals surface area contributed by atoms with E-state index >= 15 is 0 Å². The molecule has 0 bridgehead atoms. The van der Waals surface area contributed by atoms with Gasteiger partial charge in [-0.2, -0.15) is 4.98 Å². The summed E-state index contributed by atoms with van der Waals surface area (Å²) in [5.74, 6) is 1.44. The minimum atomic E-state index is -3.64. The third-order valence-corrected chi connectivity index (χ3v) is 9.17. The number of amides is 2. The molecule has 0 spiro atoms. The van der Waals surface area contributed by atoms with Gasteiger partial charge in [-0.25, -0.2) is 18.2 Å². The molecule has 0 aliphatic heterocycles. The monoisotopic (exact) mass is 798 g/mol. The van der Waals surface area contributed by atoms with E-state index in [4.69, 9.17) is 35.6 Å². The van der Waals surface area contributed by atoms with Crippen LogP contribution in [0.5, 0.6) is 17.4 Å². The number of hydrogen-bond acceptors (Lipinski definition) is 11. The minimum Gasteiger partial charge on any atom is -0.492 e. The second-order valence-electron chi connectivity index (χ2n) is 14.1. The Morgan fingerprint density at radius 3 is 2.23 bits per heavy atom. The lowest BCUT2D eigenvalue weighted by Crippen LogP contribution is -2.29. The smallest absolute Gasteiger partial charge is 0.323 e. The van der Waals surface area contributed by atoms with Gasteiger partial charge in [-0.15, -0.1) is 0 Å². The lowest BCUT2D eigenvalue weighted by molar-refractivity contribution is 0.0264. The van der Waals surface area contributed by atoms with Gasteiger partial charge in [0.2, 0.25) is 21.9 Å². The van der Waals surface area contributed by atoms with Crippen LogP contribution in [0, 0.1) is 6.92 Å². The number of urea groups is 1. The normalized spacial score (nSPS) is 11.6. The SMILES string of the molecule is [CH]c1cccc(CN(CCOCCOCCOC)c2nccc(Oc3ccc(NC(=O)Nc4cc(C(C)(C)C)cc(NS(C)(=O)=O)c4OC)c4ccccc34)n2)c1. The summed E-state index contributed by atoms with van der Waals surface area (Å²) in [6.07, 6.45) is 2.69. The molecule has 15 heteroatoms. The lowest BCUT2D eigenvalue weighted by atomic mass is 9.86. The van der Waals surface area contributed by atoms with Gasteiger partial charge in [-0.3, -0.25) is 4.72 Å². The molecule has 4 aromatic carbocycles. The van der Waals surface area contributed by atoms with Crippen LogP contribution in [-0.4, -0.2) is 84.5 Å². The predicted octanol–water partition coefficient (Wildman–Crippen LogP) is 7.49. The highest BCUT2D eigenvalue weighted by Gasteiger charge is 2.23. The van der Waals surface area contributed by atoms with E-state index < -0.39 is 16.1 Å². The number of aromatic nitrogens is 2. The molecule has 5 aromatic rings. The molecule has 14 nitrogen and oxygen atoms in total. The van der Waals surface area contributed by atoms with Gasteiger partial charge in [0.05, 0.1) is 63.5 Å². The van der Waals surface area contributed by atoms with Gasteiger partial charge in [0.15, 0.2) is 5.75 Å². The van der Waals surface area contributed by atoms with Crippen molar-refractivity contribution in [2.24, 2.45) is 0 Å². The van der Waals surface area contributed by atoms with E-state index in [1.807, 2.05) is 74.2 Å². The number of nitrogens with zero attached hydrogens (tertiary/aromatic N) is 3.